The average molecular weight is 226 g/mol. The lowest BCUT2D eigenvalue weighted by Gasteiger charge is -2.04. The highest BCUT2D eigenvalue weighted by Gasteiger charge is 2.07. The van der Waals surface area contributed by atoms with Gasteiger partial charge in [0.1, 0.15) is 0 Å². The molecule has 0 aliphatic heterocycles. The number of thiophene rings is 1. The zero-order valence-electron chi connectivity index (χ0n) is 8.58. The number of carbonyl (C=O) groups excluding carboxylic acids is 2. The van der Waals surface area contributed by atoms with Gasteiger partial charge in [-0.3, -0.25) is 9.59 Å². The molecule has 0 aliphatic rings. The quantitative estimate of drug-likeness (QED) is 0.787. The number of rotatable bonds is 5. The van der Waals surface area contributed by atoms with Crippen molar-refractivity contribution in [3.63, 3.8) is 0 Å². The van der Waals surface area contributed by atoms with Crippen LogP contribution in [-0.4, -0.2) is 24.9 Å². The second kappa shape index (κ2) is 6.19. The number of hydrogen-bond acceptors (Lipinski definition) is 3. The topological polar surface area (TPSA) is 58.2 Å². The number of nitrogens with one attached hydrogen (secondary N) is 2. The molecular weight excluding hydrogens is 212 g/mol. The van der Waals surface area contributed by atoms with Crippen LogP contribution in [0.2, 0.25) is 0 Å². The van der Waals surface area contributed by atoms with Crippen molar-refractivity contribution in [3.8, 4) is 0 Å². The maximum absolute atomic E-state index is 11.4. The molecule has 1 aromatic rings. The zero-order chi connectivity index (χ0) is 11.1. The van der Waals surface area contributed by atoms with Crippen LogP contribution in [0.4, 0.5) is 0 Å². The largest absolute Gasteiger partial charge is 0.355 e. The van der Waals surface area contributed by atoms with Crippen LogP contribution >= 0.6 is 11.3 Å². The van der Waals surface area contributed by atoms with Gasteiger partial charge >= 0.3 is 0 Å². The fourth-order valence-electron chi connectivity index (χ4n) is 0.982. The van der Waals surface area contributed by atoms with Crippen LogP contribution in [-0.2, 0) is 4.79 Å². The van der Waals surface area contributed by atoms with Crippen LogP contribution < -0.4 is 10.6 Å². The predicted molar refractivity (Wildman–Crippen MR) is 60.0 cm³/mol. The molecule has 82 valence electrons. The van der Waals surface area contributed by atoms with E-state index in [1.165, 1.54) is 11.3 Å². The van der Waals surface area contributed by atoms with E-state index >= 15 is 0 Å². The van der Waals surface area contributed by atoms with Gasteiger partial charge in [0.05, 0.1) is 11.4 Å². The molecule has 1 heterocycles. The van der Waals surface area contributed by atoms with E-state index in [1.54, 1.807) is 12.1 Å². The lowest BCUT2D eigenvalue weighted by molar-refractivity contribution is -0.120. The zero-order valence-corrected chi connectivity index (χ0v) is 9.39. The van der Waals surface area contributed by atoms with E-state index in [9.17, 15) is 9.59 Å². The Balaban J connectivity index is 2.25. The van der Waals surface area contributed by atoms with Gasteiger partial charge in [0, 0.05) is 6.54 Å². The Bertz CT molecular complexity index is 322. The normalized spacial score (nSPS) is 9.67. The summed E-state index contributed by atoms with van der Waals surface area (Å²) < 4.78 is 0. The average Bonchev–Trinajstić information content (AvgIpc) is 2.76. The molecule has 0 aromatic carbocycles. The summed E-state index contributed by atoms with van der Waals surface area (Å²) in [5.74, 6) is -0.349. The highest BCUT2D eigenvalue weighted by molar-refractivity contribution is 7.12. The van der Waals surface area contributed by atoms with Crippen LogP contribution in [0.3, 0.4) is 0 Å². The third-order valence-electron chi connectivity index (χ3n) is 1.73. The molecule has 0 atom stereocenters. The van der Waals surface area contributed by atoms with Gasteiger partial charge in [-0.15, -0.1) is 11.3 Å². The molecule has 1 rings (SSSR count). The van der Waals surface area contributed by atoms with E-state index in [0.29, 0.717) is 11.4 Å². The molecule has 0 fully saturated rings. The highest BCUT2D eigenvalue weighted by atomic mass is 32.1. The molecule has 0 aliphatic carbocycles. The Morgan fingerprint density at radius 2 is 2.20 bits per heavy atom. The second-order valence-corrected chi connectivity index (χ2v) is 3.96. The van der Waals surface area contributed by atoms with Gasteiger partial charge in [0.25, 0.3) is 5.91 Å². The van der Waals surface area contributed by atoms with Crippen molar-refractivity contribution in [1.82, 2.24) is 10.6 Å². The molecule has 15 heavy (non-hydrogen) atoms. The van der Waals surface area contributed by atoms with Gasteiger partial charge in [-0.25, -0.2) is 0 Å². The fraction of sp³-hybridized carbons (Fsp3) is 0.400. The third kappa shape index (κ3) is 4.12. The minimum atomic E-state index is -0.198. The molecule has 1 aromatic heterocycles. The first kappa shape index (κ1) is 11.7. The summed E-state index contributed by atoms with van der Waals surface area (Å²) in [7, 11) is 0. The van der Waals surface area contributed by atoms with Crippen molar-refractivity contribution in [1.29, 1.82) is 0 Å². The summed E-state index contributed by atoms with van der Waals surface area (Å²) in [5.41, 5.74) is 0. The van der Waals surface area contributed by atoms with Crippen LogP contribution in [0.1, 0.15) is 23.0 Å². The summed E-state index contributed by atoms with van der Waals surface area (Å²) >= 11 is 1.36. The lowest BCUT2D eigenvalue weighted by atomic mass is 10.4. The first-order chi connectivity index (χ1) is 7.24. The minimum Gasteiger partial charge on any atom is -0.355 e. The smallest absolute Gasteiger partial charge is 0.261 e. The molecule has 0 radical (unpaired) electrons. The summed E-state index contributed by atoms with van der Waals surface area (Å²) in [6, 6.07) is 3.53. The predicted octanol–water partition coefficient (Wildman–Crippen LogP) is 1.00. The first-order valence-electron chi connectivity index (χ1n) is 4.82. The first-order valence-corrected chi connectivity index (χ1v) is 5.70. The van der Waals surface area contributed by atoms with Gasteiger partial charge in [0.2, 0.25) is 5.91 Å². The number of amides is 2. The molecule has 0 spiro atoms. The van der Waals surface area contributed by atoms with Crippen LogP contribution in [0.5, 0.6) is 0 Å². The minimum absolute atomic E-state index is 0.0384. The SMILES string of the molecule is CCCNC(=O)CNC(=O)c1cccs1. The van der Waals surface area contributed by atoms with Gasteiger partial charge in [-0.1, -0.05) is 13.0 Å². The van der Waals surface area contributed by atoms with Gasteiger partial charge in [0.15, 0.2) is 0 Å². The van der Waals surface area contributed by atoms with Gasteiger partial charge in [-0.05, 0) is 17.9 Å². The van der Waals surface area contributed by atoms with E-state index in [2.05, 4.69) is 10.6 Å². The van der Waals surface area contributed by atoms with Gasteiger partial charge < -0.3 is 10.6 Å². The molecule has 0 saturated carbocycles. The van der Waals surface area contributed by atoms with Crippen molar-refractivity contribution in [2.45, 2.75) is 13.3 Å². The molecule has 0 unspecified atom stereocenters. The summed E-state index contributed by atoms with van der Waals surface area (Å²) in [6.45, 7) is 2.66. The molecule has 0 saturated heterocycles. The molecule has 0 bridgehead atoms. The molecule has 5 heteroatoms. The van der Waals surface area contributed by atoms with E-state index in [1.807, 2.05) is 12.3 Å². The molecule has 2 N–H and O–H groups in total. The van der Waals surface area contributed by atoms with E-state index in [4.69, 9.17) is 0 Å². The maximum Gasteiger partial charge on any atom is 0.261 e. The Hall–Kier alpha value is -1.36. The van der Waals surface area contributed by atoms with Crippen molar-refractivity contribution in [2.75, 3.05) is 13.1 Å². The summed E-state index contributed by atoms with van der Waals surface area (Å²) in [6.07, 6.45) is 0.893. The lowest BCUT2D eigenvalue weighted by Crippen LogP contribution is -2.36. The Labute approximate surface area is 92.7 Å². The number of hydrogen-bond donors (Lipinski definition) is 2. The van der Waals surface area contributed by atoms with E-state index < -0.39 is 0 Å². The van der Waals surface area contributed by atoms with E-state index in [-0.39, 0.29) is 18.4 Å². The van der Waals surface area contributed by atoms with E-state index in [0.717, 1.165) is 6.42 Å². The number of carbonyl (C=O) groups is 2. The highest BCUT2D eigenvalue weighted by Crippen LogP contribution is 2.07. The molecule has 4 nitrogen and oxygen atoms in total. The summed E-state index contributed by atoms with van der Waals surface area (Å²) in [5, 5.41) is 7.06. The molecule has 2 amide bonds. The van der Waals surface area contributed by atoms with Crippen molar-refractivity contribution >= 4 is 23.2 Å². The maximum atomic E-state index is 11.4. The Morgan fingerprint density at radius 3 is 2.80 bits per heavy atom. The van der Waals surface area contributed by atoms with Crippen molar-refractivity contribution < 1.29 is 9.59 Å². The van der Waals surface area contributed by atoms with Crippen molar-refractivity contribution in [3.05, 3.63) is 22.4 Å². The third-order valence-corrected chi connectivity index (χ3v) is 2.60. The van der Waals surface area contributed by atoms with Crippen LogP contribution in [0, 0.1) is 0 Å². The van der Waals surface area contributed by atoms with Crippen LogP contribution in [0.15, 0.2) is 17.5 Å². The second-order valence-electron chi connectivity index (χ2n) is 3.01. The van der Waals surface area contributed by atoms with Crippen molar-refractivity contribution in [2.24, 2.45) is 0 Å². The Morgan fingerprint density at radius 1 is 1.40 bits per heavy atom. The standard InChI is InChI=1S/C10H14N2O2S/c1-2-5-11-9(13)7-12-10(14)8-4-3-6-15-8/h3-4,6H,2,5,7H2,1H3,(H,11,13)(H,12,14). The molecular formula is C10H14N2O2S. The van der Waals surface area contributed by atoms with Gasteiger partial charge in [-0.2, -0.15) is 0 Å². The van der Waals surface area contributed by atoms with Crippen LogP contribution in [0.25, 0.3) is 0 Å². The summed E-state index contributed by atoms with van der Waals surface area (Å²) in [4.78, 5) is 23.2. The Kier molecular flexibility index (Phi) is 4.83. The monoisotopic (exact) mass is 226 g/mol. The fourth-order valence-corrected chi connectivity index (χ4v) is 1.62.